The van der Waals surface area contributed by atoms with Crippen LogP contribution in [0.1, 0.15) is 65.9 Å². The minimum Gasteiger partial charge on any atom is -0.293 e. The van der Waals surface area contributed by atoms with Crippen LogP contribution in [0, 0.1) is 0 Å². The second-order valence-corrected chi connectivity index (χ2v) is 15.5. The molecular weight excluding hydrogens is 875 g/mol. The number of hydrogen-bond acceptors (Lipinski definition) is 5. The van der Waals surface area contributed by atoms with Gasteiger partial charge in [0.25, 0.3) is 0 Å². The molecule has 0 aromatic heterocycles. The van der Waals surface area contributed by atoms with Crippen molar-refractivity contribution in [2.75, 3.05) is 0 Å². The van der Waals surface area contributed by atoms with Gasteiger partial charge in [-0.05, 0) is 59.4 Å². The largest absolute Gasteiger partial charge is 0.390 e. The number of ketones is 2. The van der Waals surface area contributed by atoms with Crippen LogP contribution in [-0.4, -0.2) is 11.6 Å². The highest BCUT2D eigenvalue weighted by Crippen LogP contribution is 2.49. The highest BCUT2D eigenvalue weighted by molar-refractivity contribution is 9.10. The Labute approximate surface area is 338 Å². The molecule has 6 rings (SSSR count). The van der Waals surface area contributed by atoms with Gasteiger partial charge >= 0.3 is 20.5 Å². The highest BCUT2D eigenvalue weighted by atomic mass is 79.9. The molecule has 0 fully saturated rings. The van der Waals surface area contributed by atoms with Gasteiger partial charge in [-0.1, -0.05) is 165 Å². The molecule has 56 heavy (non-hydrogen) atoms. The van der Waals surface area contributed by atoms with Gasteiger partial charge < -0.3 is 0 Å². The Morgan fingerprint density at radius 1 is 0.518 bits per heavy atom. The summed E-state index contributed by atoms with van der Waals surface area (Å²) in [6.07, 6.45) is -8.28. The van der Waals surface area contributed by atoms with Gasteiger partial charge in [0.2, 0.25) is 0 Å². The molecule has 0 heterocycles. The first-order chi connectivity index (χ1) is 26.8. The van der Waals surface area contributed by atoms with Crippen molar-refractivity contribution >= 4 is 51.7 Å². The predicted octanol–water partition coefficient (Wildman–Crippen LogP) is 12.9. The highest BCUT2D eigenvalue weighted by Gasteiger charge is 2.43. The molecule has 6 aromatic carbocycles. The zero-order chi connectivity index (χ0) is 39.9. The van der Waals surface area contributed by atoms with Gasteiger partial charge in [-0.3, -0.25) is 14.2 Å². The number of rotatable bonds is 16. The Kier molecular flexibility index (Phi) is 13.3. The summed E-state index contributed by atoms with van der Waals surface area (Å²) in [6.45, 7) is 0. The Morgan fingerprint density at radius 2 is 0.839 bits per heavy atom. The first-order valence-electron chi connectivity index (χ1n) is 17.4. The van der Waals surface area contributed by atoms with Crippen LogP contribution in [0.2, 0.25) is 0 Å². The van der Waals surface area contributed by atoms with Crippen molar-refractivity contribution in [3.8, 4) is 0 Å². The average Bonchev–Trinajstić information content (AvgIpc) is 3.19. The third-order valence-corrected chi connectivity index (χ3v) is 11.3. The lowest BCUT2D eigenvalue weighted by Gasteiger charge is -2.23. The van der Waals surface area contributed by atoms with Crippen molar-refractivity contribution in [3.63, 3.8) is 0 Å². The maximum atomic E-state index is 15.4. The van der Waals surface area contributed by atoms with Gasteiger partial charge in [0.15, 0.2) is 11.6 Å². The molecule has 0 amide bonds. The van der Waals surface area contributed by atoms with Crippen LogP contribution in [-0.2, 0) is 38.7 Å². The lowest BCUT2D eigenvalue weighted by molar-refractivity contribution is -0.221. The van der Waals surface area contributed by atoms with Crippen LogP contribution in [0.3, 0.4) is 0 Å². The molecule has 0 saturated carbocycles. The molecule has 0 spiro atoms. The molecule has 5 nitrogen and oxygen atoms in total. The van der Waals surface area contributed by atoms with E-state index in [0.29, 0.717) is 22.3 Å². The van der Waals surface area contributed by atoms with E-state index in [1.54, 1.807) is 84.9 Å². The van der Waals surface area contributed by atoms with Crippen molar-refractivity contribution in [1.29, 1.82) is 0 Å². The van der Waals surface area contributed by atoms with Crippen LogP contribution in [0.5, 0.6) is 0 Å². The van der Waals surface area contributed by atoms with Crippen LogP contribution in [0.15, 0.2) is 167 Å². The molecule has 2 atom stereocenters. The summed E-state index contributed by atoms with van der Waals surface area (Å²) in [5.41, 5.74) is 1.96. The van der Waals surface area contributed by atoms with Crippen LogP contribution >= 0.6 is 40.1 Å². The zero-order valence-corrected chi connectivity index (χ0v) is 33.6. The van der Waals surface area contributed by atoms with Gasteiger partial charge in [-0.15, -0.1) is 0 Å². The molecule has 0 aliphatic carbocycles. The lowest BCUT2D eigenvalue weighted by atomic mass is 9.85. The second kappa shape index (κ2) is 18.2. The minimum absolute atomic E-state index is 0.154. The van der Waals surface area contributed by atoms with E-state index in [1.165, 1.54) is 24.3 Å². The molecule has 0 saturated heterocycles. The molecule has 12 heteroatoms. The minimum atomic E-state index is -4.52. The molecule has 0 aliphatic heterocycles. The fourth-order valence-electron chi connectivity index (χ4n) is 6.36. The third kappa shape index (κ3) is 10.1. The van der Waals surface area contributed by atoms with Crippen molar-refractivity contribution < 1.29 is 40.8 Å². The predicted molar refractivity (Wildman–Crippen MR) is 215 cm³/mol. The third-order valence-electron chi connectivity index (χ3n) is 9.15. The summed E-state index contributed by atoms with van der Waals surface area (Å²) in [4.78, 5) is 27.1. The van der Waals surface area contributed by atoms with E-state index in [9.17, 15) is 14.2 Å². The van der Waals surface area contributed by atoms with E-state index in [0.717, 1.165) is 23.3 Å². The Morgan fingerprint density at radius 3 is 1.16 bits per heavy atom. The number of benzene rings is 6. The monoisotopic (exact) mass is 906 g/mol. The fourth-order valence-corrected chi connectivity index (χ4v) is 8.35. The van der Waals surface area contributed by atoms with E-state index in [4.69, 9.17) is 0 Å². The smallest absolute Gasteiger partial charge is 0.293 e. The summed E-state index contributed by atoms with van der Waals surface area (Å²) in [6, 6.07) is 43.0. The topological polar surface area (TPSA) is 69.7 Å². The normalized spacial score (nSPS) is 13.5. The zero-order valence-electron chi connectivity index (χ0n) is 29.4. The van der Waals surface area contributed by atoms with Crippen molar-refractivity contribution in [2.45, 2.75) is 36.9 Å². The molecular formula is C44H33Br2F4O5P. The number of halogens is 6. The first-order valence-corrected chi connectivity index (χ1v) is 20.2. The second-order valence-electron chi connectivity index (χ2n) is 12.9. The number of hydrogen-bond donors (Lipinski definition) is 0. The standard InChI is InChI=1S/C44H33Br2F4O5P/c45-39-27-29(25-35(31-13-5-1-6-14-31)41(51)33-17-9-3-10-18-33)21-23-37(39)43(47,48)54-56(53)55-44(49,50)38-24-22-30(28-40(38)46)26-36(32-15-7-2-8-16-32)42(52)34-19-11-4-12-20-34/h1-24,27-28,35-36,56H,25-26H2. The van der Waals surface area contributed by atoms with Crippen molar-refractivity contribution in [1.82, 2.24) is 0 Å². The quantitative estimate of drug-likeness (QED) is 0.0550. The van der Waals surface area contributed by atoms with E-state index in [-0.39, 0.29) is 33.4 Å². The van der Waals surface area contributed by atoms with Crippen molar-refractivity contribution in [3.05, 3.63) is 211 Å². The summed E-state index contributed by atoms with van der Waals surface area (Å²) in [7, 11) is -4.52. The van der Waals surface area contributed by atoms with E-state index in [1.807, 2.05) is 36.4 Å². The van der Waals surface area contributed by atoms with Gasteiger partial charge in [-0.25, -0.2) is 9.05 Å². The van der Waals surface area contributed by atoms with E-state index >= 15 is 17.6 Å². The molecule has 0 aliphatic rings. The SMILES string of the molecule is O=C(c1ccccc1)C(Cc1ccc(C(F)(F)O[PH](=O)OC(F)(F)c2ccc(CC(C(=O)c3ccccc3)c3ccccc3)cc2Br)c(Br)c1)c1ccccc1. The van der Waals surface area contributed by atoms with Crippen molar-refractivity contribution in [2.24, 2.45) is 0 Å². The number of carbonyl (C=O) groups is 2. The molecule has 0 N–H and O–H groups in total. The van der Waals surface area contributed by atoms with E-state index in [2.05, 4.69) is 40.9 Å². The molecule has 286 valence electrons. The maximum absolute atomic E-state index is 15.4. The van der Waals surface area contributed by atoms with Gasteiger partial charge in [0.05, 0.1) is 23.0 Å². The summed E-state index contributed by atoms with van der Waals surface area (Å²) in [5, 5.41) is 0. The molecule has 0 bridgehead atoms. The average molecular weight is 909 g/mol. The van der Waals surface area contributed by atoms with Gasteiger partial charge in [0, 0.05) is 20.1 Å². The number of Topliss-reactive ketones (excluding diaryl/α,β-unsaturated/α-hetero) is 2. The summed E-state index contributed by atoms with van der Waals surface area (Å²) in [5.74, 6) is -1.57. The molecule has 0 radical (unpaired) electrons. The first kappa shape index (κ1) is 41.1. The number of alkyl halides is 4. The van der Waals surface area contributed by atoms with Gasteiger partial charge in [0.1, 0.15) is 0 Å². The van der Waals surface area contributed by atoms with Gasteiger partial charge in [-0.2, -0.15) is 17.6 Å². The summed E-state index contributed by atoms with van der Waals surface area (Å²) < 4.78 is 82.7. The van der Waals surface area contributed by atoms with Crippen LogP contribution in [0.25, 0.3) is 0 Å². The van der Waals surface area contributed by atoms with E-state index < -0.39 is 43.4 Å². The number of carbonyl (C=O) groups excluding carboxylic acids is 2. The lowest BCUT2D eigenvalue weighted by Crippen LogP contribution is -2.20. The maximum Gasteiger partial charge on any atom is 0.390 e. The molecule has 2 unspecified atom stereocenters. The Balaban J connectivity index is 1.14. The van der Waals surface area contributed by atoms with Crippen LogP contribution < -0.4 is 0 Å². The Hall–Kier alpha value is -4.51. The fraction of sp³-hybridized carbons (Fsp3) is 0.136. The Bertz CT molecular complexity index is 2150. The van der Waals surface area contributed by atoms with Crippen LogP contribution in [0.4, 0.5) is 17.6 Å². The molecule has 6 aromatic rings. The summed E-state index contributed by atoms with van der Waals surface area (Å²) >= 11 is 6.23.